The van der Waals surface area contributed by atoms with Crippen LogP contribution in [-0.4, -0.2) is 11.3 Å². The normalized spacial score (nSPS) is 23.8. The molecule has 2 unspecified atom stereocenters. The first kappa shape index (κ1) is 12.3. The lowest BCUT2D eigenvalue weighted by Gasteiger charge is -2.28. The Morgan fingerprint density at radius 3 is 2.70 bits per heavy atom. The van der Waals surface area contributed by atoms with Gasteiger partial charge in [0, 0.05) is 21.9 Å². The fourth-order valence-corrected chi connectivity index (χ4v) is 4.79. The van der Waals surface area contributed by atoms with Gasteiger partial charge in [0.25, 0.3) is 0 Å². The summed E-state index contributed by atoms with van der Waals surface area (Å²) in [5.41, 5.74) is 4.37. The van der Waals surface area contributed by atoms with Crippen molar-refractivity contribution in [3.63, 3.8) is 0 Å². The Balaban J connectivity index is 1.43. The maximum absolute atomic E-state index is 3.74. The van der Waals surface area contributed by atoms with Crippen LogP contribution in [0.25, 0.3) is 0 Å². The minimum Gasteiger partial charge on any atom is -0.382 e. The second kappa shape index (κ2) is 5.17. The topological polar surface area (TPSA) is 12.0 Å². The summed E-state index contributed by atoms with van der Waals surface area (Å²) in [6.45, 7) is 0. The Kier molecular flexibility index (Phi) is 3.19. The van der Waals surface area contributed by atoms with Crippen LogP contribution in [0.3, 0.4) is 0 Å². The van der Waals surface area contributed by atoms with E-state index in [0.29, 0.717) is 6.04 Å². The Morgan fingerprint density at radius 1 is 1.00 bits per heavy atom. The molecule has 2 atom stereocenters. The molecular weight excluding hydrogens is 262 g/mol. The number of hydrogen-bond donors (Lipinski definition) is 1. The van der Waals surface area contributed by atoms with Crippen LogP contribution in [0.2, 0.25) is 0 Å². The third kappa shape index (κ3) is 2.33. The van der Waals surface area contributed by atoms with Crippen molar-refractivity contribution in [2.75, 3.05) is 5.32 Å². The minimum absolute atomic E-state index is 0.636. The van der Waals surface area contributed by atoms with Gasteiger partial charge in [0.1, 0.15) is 0 Å². The summed E-state index contributed by atoms with van der Waals surface area (Å²) in [4.78, 5) is 1.49. The largest absolute Gasteiger partial charge is 0.382 e. The first-order valence-electron chi connectivity index (χ1n) is 7.47. The van der Waals surface area contributed by atoms with E-state index in [1.807, 2.05) is 0 Å². The predicted octanol–water partition coefficient (Wildman–Crippen LogP) is 4.52. The summed E-state index contributed by atoms with van der Waals surface area (Å²) in [6.07, 6.45) is 5.00. The highest BCUT2D eigenvalue weighted by Crippen LogP contribution is 2.40. The van der Waals surface area contributed by atoms with E-state index in [4.69, 9.17) is 0 Å². The number of thioether (sulfide) groups is 1. The van der Waals surface area contributed by atoms with Gasteiger partial charge in [-0.1, -0.05) is 36.4 Å². The molecule has 0 bridgehead atoms. The Hall–Kier alpha value is -1.41. The molecule has 0 saturated carbocycles. The van der Waals surface area contributed by atoms with Crippen LogP contribution in [0.15, 0.2) is 53.4 Å². The van der Waals surface area contributed by atoms with Gasteiger partial charge < -0.3 is 5.32 Å². The van der Waals surface area contributed by atoms with E-state index >= 15 is 0 Å². The highest BCUT2D eigenvalue weighted by atomic mass is 32.2. The van der Waals surface area contributed by atoms with Crippen LogP contribution >= 0.6 is 11.8 Å². The lowest BCUT2D eigenvalue weighted by Crippen LogP contribution is -2.28. The molecule has 0 aromatic heterocycles. The van der Waals surface area contributed by atoms with Gasteiger partial charge in [-0.15, -0.1) is 11.8 Å². The number of hydrogen-bond acceptors (Lipinski definition) is 2. The van der Waals surface area contributed by atoms with Crippen LogP contribution in [0, 0.1) is 0 Å². The molecule has 0 saturated heterocycles. The van der Waals surface area contributed by atoms with Crippen molar-refractivity contribution in [2.24, 2.45) is 0 Å². The number of rotatable bonds is 2. The molecule has 1 nitrogen and oxygen atoms in total. The highest BCUT2D eigenvalue weighted by Gasteiger charge is 2.26. The molecule has 0 fully saturated rings. The average Bonchev–Trinajstić information content (AvgIpc) is 2.89. The molecule has 0 aliphatic carbocycles. The quantitative estimate of drug-likeness (QED) is 0.868. The number of anilines is 1. The van der Waals surface area contributed by atoms with Gasteiger partial charge in [-0.3, -0.25) is 0 Å². The maximum Gasteiger partial charge on any atom is 0.0374 e. The van der Waals surface area contributed by atoms with Crippen LogP contribution in [-0.2, 0) is 12.8 Å². The molecular formula is C18H19NS. The summed E-state index contributed by atoms with van der Waals surface area (Å²) in [5.74, 6) is 0. The van der Waals surface area contributed by atoms with Crippen molar-refractivity contribution >= 4 is 17.4 Å². The van der Waals surface area contributed by atoms with E-state index in [1.165, 1.54) is 41.8 Å². The van der Waals surface area contributed by atoms with Crippen LogP contribution in [0.5, 0.6) is 0 Å². The Bertz CT molecular complexity index is 597. The van der Waals surface area contributed by atoms with Crippen LogP contribution < -0.4 is 5.32 Å². The van der Waals surface area contributed by atoms with Gasteiger partial charge in [-0.25, -0.2) is 0 Å². The van der Waals surface area contributed by atoms with E-state index < -0.39 is 0 Å². The van der Waals surface area contributed by atoms with Crippen molar-refractivity contribution in [3.8, 4) is 0 Å². The van der Waals surface area contributed by atoms with Gasteiger partial charge in [0.15, 0.2) is 0 Å². The summed E-state index contributed by atoms with van der Waals surface area (Å²) in [5, 5.41) is 4.48. The minimum atomic E-state index is 0.636. The Morgan fingerprint density at radius 2 is 1.80 bits per heavy atom. The molecule has 0 radical (unpaired) electrons. The van der Waals surface area contributed by atoms with Gasteiger partial charge in [-0.2, -0.15) is 0 Å². The number of nitrogens with one attached hydrogen (secondary N) is 1. The molecule has 0 amide bonds. The molecule has 4 rings (SSSR count). The van der Waals surface area contributed by atoms with Crippen molar-refractivity contribution in [1.82, 2.24) is 0 Å². The lowest BCUT2D eigenvalue weighted by atomic mass is 9.94. The fraction of sp³-hybridized carbons (Fsp3) is 0.333. The second-order valence-electron chi connectivity index (χ2n) is 5.82. The first-order chi connectivity index (χ1) is 9.88. The number of para-hydroxylation sites is 1. The van der Waals surface area contributed by atoms with Crippen molar-refractivity contribution in [3.05, 3.63) is 59.7 Å². The van der Waals surface area contributed by atoms with Crippen LogP contribution in [0.4, 0.5) is 5.69 Å². The average molecular weight is 281 g/mol. The van der Waals surface area contributed by atoms with Gasteiger partial charge in [0.05, 0.1) is 0 Å². The summed E-state index contributed by atoms with van der Waals surface area (Å²) in [6, 6.07) is 18.3. The number of benzene rings is 2. The molecule has 1 N–H and O–H groups in total. The van der Waals surface area contributed by atoms with Gasteiger partial charge in [-0.05, 0) is 48.9 Å². The van der Waals surface area contributed by atoms with E-state index in [-0.39, 0.29) is 0 Å². The van der Waals surface area contributed by atoms with Crippen molar-refractivity contribution < 1.29 is 0 Å². The van der Waals surface area contributed by atoms with E-state index in [2.05, 4.69) is 65.6 Å². The van der Waals surface area contributed by atoms with Gasteiger partial charge >= 0.3 is 0 Å². The van der Waals surface area contributed by atoms with E-state index in [1.54, 1.807) is 5.56 Å². The SMILES string of the molecule is c1ccc2c(c1)CCC(CC1Cc3ccccc3S1)N2. The third-order valence-corrected chi connectivity index (χ3v) is 5.75. The molecule has 102 valence electrons. The maximum atomic E-state index is 3.74. The number of fused-ring (bicyclic) bond motifs is 2. The van der Waals surface area contributed by atoms with Crippen molar-refractivity contribution in [2.45, 2.75) is 41.9 Å². The van der Waals surface area contributed by atoms with Gasteiger partial charge in [0.2, 0.25) is 0 Å². The molecule has 2 aromatic rings. The fourth-order valence-electron chi connectivity index (χ4n) is 3.38. The van der Waals surface area contributed by atoms with Crippen molar-refractivity contribution in [1.29, 1.82) is 0 Å². The summed E-state index contributed by atoms with van der Waals surface area (Å²) < 4.78 is 0. The summed E-state index contributed by atoms with van der Waals surface area (Å²) in [7, 11) is 0. The summed E-state index contributed by atoms with van der Waals surface area (Å²) >= 11 is 2.07. The number of aryl methyl sites for hydroxylation is 1. The molecule has 2 aliphatic heterocycles. The zero-order chi connectivity index (χ0) is 13.4. The second-order valence-corrected chi connectivity index (χ2v) is 7.17. The molecule has 20 heavy (non-hydrogen) atoms. The Labute approximate surface area is 124 Å². The van der Waals surface area contributed by atoms with E-state index in [0.717, 1.165) is 5.25 Å². The molecule has 2 heteroatoms. The van der Waals surface area contributed by atoms with E-state index in [9.17, 15) is 0 Å². The zero-order valence-electron chi connectivity index (χ0n) is 11.5. The first-order valence-corrected chi connectivity index (χ1v) is 8.35. The predicted molar refractivity (Wildman–Crippen MR) is 86.6 cm³/mol. The lowest BCUT2D eigenvalue weighted by molar-refractivity contribution is 0.574. The third-order valence-electron chi connectivity index (χ3n) is 4.40. The molecule has 2 aliphatic rings. The monoisotopic (exact) mass is 281 g/mol. The highest BCUT2D eigenvalue weighted by molar-refractivity contribution is 8.00. The molecule has 2 aromatic carbocycles. The molecule has 0 spiro atoms. The molecule has 2 heterocycles. The standard InChI is InChI=1S/C18H19NS/c1-3-7-17-13(5-1)9-10-15(19-17)12-16-11-14-6-2-4-8-18(14)20-16/h1-8,15-16,19H,9-12H2. The zero-order valence-corrected chi connectivity index (χ0v) is 12.3. The van der Waals surface area contributed by atoms with Crippen LogP contribution in [0.1, 0.15) is 24.0 Å². The smallest absolute Gasteiger partial charge is 0.0374 e.